The zero-order chi connectivity index (χ0) is 10.6. The van der Waals surface area contributed by atoms with Crippen LogP contribution in [0.2, 0.25) is 19.6 Å². The van der Waals surface area contributed by atoms with E-state index in [2.05, 4.69) is 43.9 Å². The first-order valence-electron chi connectivity index (χ1n) is 4.68. The summed E-state index contributed by atoms with van der Waals surface area (Å²) in [6.07, 6.45) is 0. The third-order valence-corrected chi connectivity index (χ3v) is 6.18. The number of hydrogen-bond donors (Lipinski definition) is 0. The van der Waals surface area contributed by atoms with E-state index in [1.807, 2.05) is 6.07 Å². The molecule has 0 atom stereocenters. The first-order chi connectivity index (χ1) is 6.54. The Kier molecular flexibility index (Phi) is 6.98. The number of ether oxygens (including phenoxy) is 1. The number of rotatable bonds is 4. The Bertz CT molecular complexity index is 274. The quantitative estimate of drug-likeness (QED) is 0.431. The van der Waals surface area contributed by atoms with Crippen LogP contribution in [0.3, 0.4) is 0 Å². The van der Waals surface area contributed by atoms with Crippen LogP contribution in [0.5, 0.6) is 0 Å². The van der Waals surface area contributed by atoms with E-state index in [1.165, 1.54) is 9.95 Å². The van der Waals surface area contributed by atoms with Gasteiger partial charge in [-0.1, -0.05) is 58.0 Å². The van der Waals surface area contributed by atoms with Gasteiger partial charge in [0.2, 0.25) is 0 Å². The van der Waals surface area contributed by atoms with E-state index in [0.717, 1.165) is 0 Å². The summed E-state index contributed by atoms with van der Waals surface area (Å²) >= 11 is 1.75. The second kappa shape index (κ2) is 6.83. The van der Waals surface area contributed by atoms with Crippen molar-refractivity contribution in [3.63, 3.8) is 0 Å². The molecule has 1 aromatic rings. The minimum absolute atomic E-state index is 0. The van der Waals surface area contributed by atoms with Gasteiger partial charge in [-0.3, -0.25) is 11.8 Å². The van der Waals surface area contributed by atoms with Gasteiger partial charge in [0.15, 0.2) is 0 Å². The van der Waals surface area contributed by atoms with E-state index < -0.39 is 8.07 Å². The van der Waals surface area contributed by atoms with E-state index in [-0.39, 0.29) is 18.9 Å². The van der Waals surface area contributed by atoms with E-state index in [1.54, 1.807) is 18.9 Å². The largest absolute Gasteiger partial charge is 1.00 e. The van der Waals surface area contributed by atoms with Crippen molar-refractivity contribution in [2.75, 3.05) is 7.11 Å². The molecule has 0 spiro atoms. The third kappa shape index (κ3) is 5.28. The van der Waals surface area contributed by atoms with Gasteiger partial charge in [-0.2, -0.15) is 0 Å². The Labute approximate surface area is 110 Å². The Morgan fingerprint density at radius 1 is 1.13 bits per heavy atom. The van der Waals surface area contributed by atoms with Crippen LogP contribution in [0.4, 0.5) is 0 Å². The summed E-state index contributed by atoms with van der Waals surface area (Å²) in [5.41, 5.74) is 0. The molecule has 0 aliphatic rings. The van der Waals surface area contributed by atoms with Crippen LogP contribution < -0.4 is 18.9 Å². The van der Waals surface area contributed by atoms with Crippen LogP contribution in [0.25, 0.3) is 0 Å². The summed E-state index contributed by atoms with van der Waals surface area (Å²) in [6, 6.07) is 10.4. The summed E-state index contributed by atoms with van der Waals surface area (Å²) in [6.45, 7) is 6.88. The summed E-state index contributed by atoms with van der Waals surface area (Å²) in [7, 11) is 0.455. The molecule has 0 aliphatic heterocycles. The molecule has 1 aromatic carbocycles. The van der Waals surface area contributed by atoms with Crippen LogP contribution in [0.1, 0.15) is 0 Å². The first kappa shape index (κ1) is 15.3. The van der Waals surface area contributed by atoms with Gasteiger partial charge >= 0.3 is 18.9 Å². The number of benzene rings is 1. The molecule has 0 radical (unpaired) electrons. The molecule has 0 N–H and O–H groups in total. The molecule has 0 bridgehead atoms. The maximum Gasteiger partial charge on any atom is 1.00 e. The Hall–Kier alpha value is 0.344. The number of thioether (sulfide) groups is 1. The average Bonchev–Trinajstić information content (AvgIpc) is 2.14. The minimum atomic E-state index is -1.31. The molecule has 0 heterocycles. The molecule has 1 rings (SSSR count). The van der Waals surface area contributed by atoms with Gasteiger partial charge in [0.1, 0.15) is 0 Å². The fourth-order valence-corrected chi connectivity index (χ4v) is 3.88. The van der Waals surface area contributed by atoms with Crippen LogP contribution in [-0.4, -0.2) is 15.2 Å². The standard InChI is InChI=1S/C11H17OSSi.Li/c1-12-11(14(2,3)4)13-10-8-6-5-7-9-10;/h5-9H,1-4H3;/q-1;+1. The van der Waals surface area contributed by atoms with Gasteiger partial charge in [0, 0.05) is 0 Å². The molecule has 0 aliphatic carbocycles. The van der Waals surface area contributed by atoms with Gasteiger partial charge in [0.05, 0.1) is 0 Å². The molecular weight excluding hydrogens is 215 g/mol. The summed E-state index contributed by atoms with van der Waals surface area (Å²) in [4.78, 5) is 1.26. The van der Waals surface area contributed by atoms with Crippen LogP contribution in [0, 0.1) is 5.06 Å². The maximum absolute atomic E-state index is 5.46. The molecule has 0 unspecified atom stereocenters. The van der Waals surface area contributed by atoms with Crippen molar-refractivity contribution in [2.45, 2.75) is 24.5 Å². The Morgan fingerprint density at radius 2 is 1.67 bits per heavy atom. The van der Waals surface area contributed by atoms with Gasteiger partial charge in [-0.25, -0.2) is 0 Å². The fraction of sp³-hybridized carbons (Fsp3) is 0.364. The fourth-order valence-electron chi connectivity index (χ4n) is 1.10. The molecule has 78 valence electrons. The smallest absolute Gasteiger partial charge is 0.542 e. The van der Waals surface area contributed by atoms with Gasteiger partial charge in [-0.05, 0) is 12.0 Å². The van der Waals surface area contributed by atoms with E-state index >= 15 is 0 Å². The van der Waals surface area contributed by atoms with Crippen molar-refractivity contribution in [1.82, 2.24) is 0 Å². The van der Waals surface area contributed by atoms with Crippen molar-refractivity contribution in [3.8, 4) is 0 Å². The molecule has 0 fully saturated rings. The molecular formula is C11H17LiOSSi. The van der Waals surface area contributed by atoms with Gasteiger partial charge in [0.25, 0.3) is 0 Å². The van der Waals surface area contributed by atoms with Crippen molar-refractivity contribution in [1.29, 1.82) is 0 Å². The van der Waals surface area contributed by atoms with Crippen molar-refractivity contribution >= 4 is 19.8 Å². The average molecular weight is 232 g/mol. The normalized spacial score (nSPS) is 11.3. The summed E-state index contributed by atoms with van der Waals surface area (Å²) in [5.74, 6) is 0. The molecule has 0 aromatic heterocycles. The predicted octanol–water partition coefficient (Wildman–Crippen LogP) is 0.796. The van der Waals surface area contributed by atoms with Gasteiger partial charge in [-0.15, -0.1) is 5.06 Å². The molecule has 0 amide bonds. The molecule has 1 nitrogen and oxygen atoms in total. The first-order valence-corrected chi connectivity index (χ1v) is 9.00. The minimum Gasteiger partial charge on any atom is -0.542 e. The monoisotopic (exact) mass is 232 g/mol. The molecule has 15 heavy (non-hydrogen) atoms. The second-order valence-corrected chi connectivity index (χ2v) is 10.5. The van der Waals surface area contributed by atoms with Crippen molar-refractivity contribution in [3.05, 3.63) is 35.4 Å². The Balaban J connectivity index is 0.00000196. The van der Waals surface area contributed by atoms with E-state index in [4.69, 9.17) is 4.74 Å². The van der Waals surface area contributed by atoms with E-state index in [9.17, 15) is 0 Å². The van der Waals surface area contributed by atoms with Crippen LogP contribution >= 0.6 is 11.8 Å². The maximum atomic E-state index is 5.46. The van der Waals surface area contributed by atoms with E-state index in [0.29, 0.717) is 0 Å². The molecule has 4 heteroatoms. The zero-order valence-corrected chi connectivity index (χ0v) is 12.0. The number of hydrogen-bond acceptors (Lipinski definition) is 2. The SMILES string of the molecule is CO[C-](Sc1ccccc1)[Si](C)(C)C.[Li+]. The van der Waals surface area contributed by atoms with Gasteiger partial charge < -0.3 is 4.74 Å². The summed E-state index contributed by atoms with van der Waals surface area (Å²) in [5, 5.41) is 1.18. The predicted molar refractivity (Wildman–Crippen MR) is 65.9 cm³/mol. The number of methoxy groups -OCH3 is 1. The van der Waals surface area contributed by atoms with Crippen LogP contribution in [0.15, 0.2) is 35.2 Å². The third-order valence-electron chi connectivity index (χ3n) is 1.75. The topological polar surface area (TPSA) is 9.23 Å². The second-order valence-electron chi connectivity index (χ2n) is 4.16. The summed E-state index contributed by atoms with van der Waals surface area (Å²) < 4.78 is 5.46. The Morgan fingerprint density at radius 3 is 2.07 bits per heavy atom. The molecule has 0 saturated heterocycles. The van der Waals surface area contributed by atoms with Crippen molar-refractivity contribution in [2.24, 2.45) is 0 Å². The zero-order valence-electron chi connectivity index (χ0n) is 10.2. The van der Waals surface area contributed by atoms with Crippen molar-refractivity contribution < 1.29 is 23.6 Å². The molecule has 0 saturated carbocycles. The van der Waals surface area contributed by atoms with Crippen LogP contribution in [-0.2, 0) is 4.74 Å².